The van der Waals surface area contributed by atoms with Crippen LogP contribution in [-0.2, 0) is 9.84 Å². The lowest BCUT2D eigenvalue weighted by molar-refractivity contribution is 0.102. The number of benzene rings is 2. The molecule has 0 aliphatic rings. The highest BCUT2D eigenvalue weighted by Gasteiger charge is 2.22. The quantitative estimate of drug-likeness (QED) is 0.792. The monoisotopic (exact) mass is 352 g/mol. The van der Waals surface area contributed by atoms with Crippen molar-refractivity contribution in [2.75, 3.05) is 5.75 Å². The standard InChI is InChI=1S/C15H13BrO3S/c1-11-5-4-6-12(9-11)14(17)10-20(18,19)15-8-3-2-7-13(15)16/h2-9H,10H2,1H3. The van der Waals surface area contributed by atoms with Gasteiger partial charge in [-0.1, -0.05) is 35.9 Å². The van der Waals surface area contributed by atoms with Crippen LogP contribution in [0.5, 0.6) is 0 Å². The van der Waals surface area contributed by atoms with Crippen LogP contribution in [0.4, 0.5) is 0 Å². The second-order valence-corrected chi connectivity index (χ2v) is 7.29. The fraction of sp³-hybridized carbons (Fsp3) is 0.133. The molecule has 2 aromatic carbocycles. The summed E-state index contributed by atoms with van der Waals surface area (Å²) >= 11 is 3.20. The van der Waals surface area contributed by atoms with Crippen LogP contribution >= 0.6 is 15.9 Å². The van der Waals surface area contributed by atoms with Gasteiger partial charge in [0.05, 0.1) is 4.90 Å². The number of carbonyl (C=O) groups is 1. The van der Waals surface area contributed by atoms with Crippen LogP contribution in [0.2, 0.25) is 0 Å². The van der Waals surface area contributed by atoms with Gasteiger partial charge in [0.15, 0.2) is 15.6 Å². The van der Waals surface area contributed by atoms with Crippen LogP contribution in [0.15, 0.2) is 57.9 Å². The van der Waals surface area contributed by atoms with Gasteiger partial charge in [-0.25, -0.2) is 8.42 Å². The zero-order chi connectivity index (χ0) is 14.8. The molecule has 0 atom stereocenters. The molecule has 2 aromatic rings. The average molecular weight is 353 g/mol. The van der Waals surface area contributed by atoms with Crippen molar-refractivity contribution in [2.24, 2.45) is 0 Å². The first kappa shape index (κ1) is 14.9. The first-order chi connectivity index (χ1) is 9.40. The molecule has 5 heteroatoms. The maximum Gasteiger partial charge on any atom is 0.186 e. The van der Waals surface area contributed by atoms with Crippen molar-refractivity contribution >= 4 is 31.6 Å². The second-order valence-electron chi connectivity index (χ2n) is 4.48. The van der Waals surface area contributed by atoms with Crippen LogP contribution in [0.3, 0.4) is 0 Å². The van der Waals surface area contributed by atoms with E-state index >= 15 is 0 Å². The van der Waals surface area contributed by atoms with E-state index in [-0.39, 0.29) is 4.90 Å². The lowest BCUT2D eigenvalue weighted by Gasteiger charge is -2.06. The minimum absolute atomic E-state index is 0.140. The molecule has 0 heterocycles. The summed E-state index contributed by atoms with van der Waals surface area (Å²) in [7, 11) is -3.65. The molecule has 0 unspecified atom stereocenters. The van der Waals surface area contributed by atoms with Gasteiger partial charge in [-0.05, 0) is 41.1 Å². The van der Waals surface area contributed by atoms with Crippen molar-refractivity contribution in [3.05, 3.63) is 64.1 Å². The number of Topliss-reactive ketones (excluding diaryl/α,β-unsaturated/α-hetero) is 1. The summed E-state index contributed by atoms with van der Waals surface area (Å²) in [5.74, 6) is -0.927. The average Bonchev–Trinajstić information content (AvgIpc) is 2.38. The van der Waals surface area contributed by atoms with Crippen LogP contribution in [-0.4, -0.2) is 20.0 Å². The lowest BCUT2D eigenvalue weighted by Crippen LogP contribution is -2.17. The fourth-order valence-corrected chi connectivity index (χ4v) is 4.19. The van der Waals surface area contributed by atoms with Gasteiger partial charge in [-0.2, -0.15) is 0 Å². The van der Waals surface area contributed by atoms with Crippen LogP contribution < -0.4 is 0 Å². The molecule has 0 fully saturated rings. The summed E-state index contributed by atoms with van der Waals surface area (Å²) in [6.07, 6.45) is 0. The molecule has 0 amide bonds. The Hall–Kier alpha value is -1.46. The second kappa shape index (κ2) is 5.89. The zero-order valence-electron chi connectivity index (χ0n) is 10.8. The molecule has 104 valence electrons. The van der Waals surface area contributed by atoms with Crippen molar-refractivity contribution in [2.45, 2.75) is 11.8 Å². The number of carbonyl (C=O) groups excluding carboxylic acids is 1. The van der Waals surface area contributed by atoms with Gasteiger partial charge >= 0.3 is 0 Å². The number of ketones is 1. The first-order valence-corrected chi connectivity index (χ1v) is 8.42. The van der Waals surface area contributed by atoms with E-state index in [0.29, 0.717) is 10.0 Å². The number of hydrogen-bond acceptors (Lipinski definition) is 3. The topological polar surface area (TPSA) is 51.2 Å². The van der Waals surface area contributed by atoms with Crippen molar-refractivity contribution in [1.82, 2.24) is 0 Å². The largest absolute Gasteiger partial charge is 0.293 e. The highest BCUT2D eigenvalue weighted by Crippen LogP contribution is 2.23. The van der Waals surface area contributed by atoms with Gasteiger partial charge in [0, 0.05) is 10.0 Å². The number of aryl methyl sites for hydroxylation is 1. The van der Waals surface area contributed by atoms with Crippen molar-refractivity contribution < 1.29 is 13.2 Å². The van der Waals surface area contributed by atoms with E-state index in [2.05, 4.69) is 15.9 Å². The maximum absolute atomic E-state index is 12.3. The van der Waals surface area contributed by atoms with Gasteiger partial charge in [-0.15, -0.1) is 0 Å². The molecule has 20 heavy (non-hydrogen) atoms. The summed E-state index contributed by atoms with van der Waals surface area (Å²) in [4.78, 5) is 12.2. The molecule has 3 nitrogen and oxygen atoms in total. The lowest BCUT2D eigenvalue weighted by atomic mass is 10.1. The predicted molar refractivity (Wildman–Crippen MR) is 81.7 cm³/mol. The molecule has 0 saturated heterocycles. The Kier molecular flexibility index (Phi) is 4.40. The van der Waals surface area contributed by atoms with Gasteiger partial charge in [-0.3, -0.25) is 4.79 Å². The Morgan fingerprint density at radius 1 is 1.10 bits per heavy atom. The molecule has 0 N–H and O–H groups in total. The molecule has 0 bridgehead atoms. The third-order valence-corrected chi connectivity index (χ3v) is 5.46. The van der Waals surface area contributed by atoms with Gasteiger partial charge in [0.25, 0.3) is 0 Å². The molecule has 2 rings (SSSR count). The zero-order valence-corrected chi connectivity index (χ0v) is 13.2. The van der Waals surface area contributed by atoms with E-state index in [1.165, 1.54) is 6.07 Å². The Morgan fingerprint density at radius 3 is 2.45 bits per heavy atom. The van der Waals surface area contributed by atoms with Crippen molar-refractivity contribution in [3.63, 3.8) is 0 Å². The summed E-state index contributed by atoms with van der Waals surface area (Å²) in [6.45, 7) is 1.86. The predicted octanol–water partition coefficient (Wildman–Crippen LogP) is 3.41. The van der Waals surface area contributed by atoms with Crippen LogP contribution in [0.1, 0.15) is 15.9 Å². The van der Waals surface area contributed by atoms with E-state index < -0.39 is 21.4 Å². The van der Waals surface area contributed by atoms with Crippen LogP contribution in [0, 0.1) is 6.92 Å². The summed E-state index contributed by atoms with van der Waals surface area (Å²) in [5.41, 5.74) is 1.34. The Balaban J connectivity index is 2.30. The minimum Gasteiger partial charge on any atom is -0.293 e. The molecule has 0 saturated carbocycles. The number of halogens is 1. The molecule has 0 spiro atoms. The van der Waals surface area contributed by atoms with E-state index in [4.69, 9.17) is 0 Å². The van der Waals surface area contributed by atoms with E-state index in [1.54, 1.807) is 36.4 Å². The number of rotatable bonds is 4. The van der Waals surface area contributed by atoms with Crippen LogP contribution in [0.25, 0.3) is 0 Å². The number of sulfone groups is 1. The summed E-state index contributed by atoms with van der Waals surface area (Å²) in [5, 5.41) is 0. The fourth-order valence-electron chi connectivity index (χ4n) is 1.85. The van der Waals surface area contributed by atoms with Gasteiger partial charge in [0.2, 0.25) is 0 Å². The molecule has 0 aromatic heterocycles. The smallest absolute Gasteiger partial charge is 0.186 e. The van der Waals surface area contributed by atoms with Gasteiger partial charge in [0.1, 0.15) is 5.75 Å². The summed E-state index contributed by atoms with van der Waals surface area (Å²) < 4.78 is 25.0. The summed E-state index contributed by atoms with van der Waals surface area (Å²) in [6, 6.07) is 13.4. The third-order valence-electron chi connectivity index (χ3n) is 2.83. The molecular formula is C15H13BrO3S. The Morgan fingerprint density at radius 2 is 1.80 bits per heavy atom. The Bertz CT molecular complexity index is 751. The first-order valence-electron chi connectivity index (χ1n) is 5.97. The molecular weight excluding hydrogens is 340 g/mol. The minimum atomic E-state index is -3.65. The van der Waals surface area contributed by atoms with Crippen molar-refractivity contribution in [1.29, 1.82) is 0 Å². The van der Waals surface area contributed by atoms with E-state index in [0.717, 1.165) is 5.56 Å². The highest BCUT2D eigenvalue weighted by atomic mass is 79.9. The van der Waals surface area contributed by atoms with Crippen molar-refractivity contribution in [3.8, 4) is 0 Å². The van der Waals surface area contributed by atoms with Gasteiger partial charge < -0.3 is 0 Å². The Labute approximate surface area is 126 Å². The molecule has 0 aliphatic heterocycles. The highest BCUT2D eigenvalue weighted by molar-refractivity contribution is 9.10. The normalized spacial score (nSPS) is 11.3. The molecule has 0 aliphatic carbocycles. The van der Waals surface area contributed by atoms with E-state index in [9.17, 15) is 13.2 Å². The SMILES string of the molecule is Cc1cccc(C(=O)CS(=O)(=O)c2ccccc2Br)c1. The number of hydrogen-bond donors (Lipinski definition) is 0. The maximum atomic E-state index is 12.3. The molecule has 0 radical (unpaired) electrons. The third kappa shape index (κ3) is 3.35. The van der Waals surface area contributed by atoms with E-state index in [1.807, 2.05) is 13.0 Å².